The van der Waals surface area contributed by atoms with E-state index in [1.807, 2.05) is 6.92 Å². The first-order chi connectivity index (χ1) is 6.64. The van der Waals surface area contributed by atoms with Gasteiger partial charge in [-0.15, -0.1) is 0 Å². The van der Waals surface area contributed by atoms with Gasteiger partial charge in [0.15, 0.2) is 5.60 Å². The van der Waals surface area contributed by atoms with Crippen LogP contribution in [0.1, 0.15) is 32.6 Å². The van der Waals surface area contributed by atoms with Gasteiger partial charge in [0.05, 0.1) is 18.6 Å². The summed E-state index contributed by atoms with van der Waals surface area (Å²) < 4.78 is 4.92. The van der Waals surface area contributed by atoms with Gasteiger partial charge >= 0.3 is 5.97 Å². The van der Waals surface area contributed by atoms with Crippen LogP contribution >= 0.6 is 0 Å². The molecule has 4 heteroatoms. The molecular formula is C10H15NO3. The van der Waals surface area contributed by atoms with Gasteiger partial charge in [0, 0.05) is 0 Å². The van der Waals surface area contributed by atoms with Crippen LogP contribution in [0.2, 0.25) is 0 Å². The maximum Gasteiger partial charge on any atom is 0.312 e. The molecule has 1 N–H and O–H groups in total. The molecule has 0 aliphatic heterocycles. The van der Waals surface area contributed by atoms with Crippen LogP contribution in [-0.4, -0.2) is 23.3 Å². The Kier molecular flexibility index (Phi) is 3.48. The van der Waals surface area contributed by atoms with Crippen molar-refractivity contribution in [1.82, 2.24) is 0 Å². The standard InChI is InChI=1S/C10H15NO3/c1-2-6-14-9(12)8-4-3-5-10(8,13)7-11/h8,13H,2-6H2,1H3/t8-,10+/m1/s1. The average molecular weight is 197 g/mol. The summed E-state index contributed by atoms with van der Waals surface area (Å²) in [4.78, 5) is 11.4. The molecule has 14 heavy (non-hydrogen) atoms. The monoisotopic (exact) mass is 197 g/mol. The molecule has 0 aromatic rings. The highest BCUT2D eigenvalue weighted by Gasteiger charge is 2.46. The molecular weight excluding hydrogens is 182 g/mol. The fourth-order valence-electron chi connectivity index (χ4n) is 1.74. The summed E-state index contributed by atoms with van der Waals surface area (Å²) in [6.07, 6.45) is 2.38. The van der Waals surface area contributed by atoms with Gasteiger partial charge in [-0.2, -0.15) is 5.26 Å². The zero-order chi connectivity index (χ0) is 10.6. The van der Waals surface area contributed by atoms with E-state index in [9.17, 15) is 9.90 Å². The van der Waals surface area contributed by atoms with Crippen molar-refractivity contribution in [3.63, 3.8) is 0 Å². The highest BCUT2D eigenvalue weighted by molar-refractivity contribution is 5.75. The maximum atomic E-state index is 11.4. The molecule has 0 radical (unpaired) electrons. The van der Waals surface area contributed by atoms with E-state index in [-0.39, 0.29) is 0 Å². The van der Waals surface area contributed by atoms with E-state index >= 15 is 0 Å². The number of hydrogen-bond acceptors (Lipinski definition) is 4. The summed E-state index contributed by atoms with van der Waals surface area (Å²) in [6.45, 7) is 2.26. The number of hydrogen-bond donors (Lipinski definition) is 1. The van der Waals surface area contributed by atoms with Crippen LogP contribution in [0.25, 0.3) is 0 Å². The molecule has 1 fully saturated rings. The van der Waals surface area contributed by atoms with E-state index in [0.29, 0.717) is 25.9 Å². The normalized spacial score (nSPS) is 31.1. The van der Waals surface area contributed by atoms with E-state index in [1.54, 1.807) is 6.07 Å². The lowest BCUT2D eigenvalue weighted by Gasteiger charge is -2.20. The van der Waals surface area contributed by atoms with Gasteiger partial charge < -0.3 is 9.84 Å². The van der Waals surface area contributed by atoms with Gasteiger partial charge in [-0.05, 0) is 25.7 Å². The van der Waals surface area contributed by atoms with Gasteiger partial charge in [-0.3, -0.25) is 4.79 Å². The molecule has 1 aliphatic rings. The first kappa shape index (κ1) is 11.0. The molecule has 78 valence electrons. The lowest BCUT2D eigenvalue weighted by Crippen LogP contribution is -2.37. The number of nitriles is 1. The Morgan fingerprint density at radius 3 is 3.07 bits per heavy atom. The highest BCUT2D eigenvalue weighted by atomic mass is 16.5. The van der Waals surface area contributed by atoms with Crippen LogP contribution in [-0.2, 0) is 9.53 Å². The van der Waals surface area contributed by atoms with E-state index in [4.69, 9.17) is 10.00 Å². The van der Waals surface area contributed by atoms with Crippen molar-refractivity contribution < 1.29 is 14.6 Å². The molecule has 0 aromatic carbocycles. The molecule has 1 rings (SSSR count). The van der Waals surface area contributed by atoms with Crippen LogP contribution in [0.4, 0.5) is 0 Å². The van der Waals surface area contributed by atoms with Crippen molar-refractivity contribution in [3.8, 4) is 6.07 Å². The number of ether oxygens (including phenoxy) is 1. The van der Waals surface area contributed by atoms with Crippen LogP contribution in [0.15, 0.2) is 0 Å². The van der Waals surface area contributed by atoms with Gasteiger partial charge in [0.2, 0.25) is 0 Å². The Hall–Kier alpha value is -1.08. The Morgan fingerprint density at radius 1 is 1.79 bits per heavy atom. The Bertz CT molecular complexity index is 259. The van der Waals surface area contributed by atoms with Crippen molar-refractivity contribution in [2.45, 2.75) is 38.2 Å². The third-order valence-corrected chi connectivity index (χ3v) is 2.55. The van der Waals surface area contributed by atoms with Gasteiger partial charge in [0.1, 0.15) is 0 Å². The second kappa shape index (κ2) is 4.43. The fraction of sp³-hybridized carbons (Fsp3) is 0.800. The number of rotatable bonds is 3. The zero-order valence-electron chi connectivity index (χ0n) is 8.32. The summed E-state index contributed by atoms with van der Waals surface area (Å²) in [7, 11) is 0. The summed E-state index contributed by atoms with van der Waals surface area (Å²) in [5.41, 5.74) is -1.50. The minimum absolute atomic E-state index is 0.358. The van der Waals surface area contributed by atoms with Crippen molar-refractivity contribution in [1.29, 1.82) is 5.26 Å². The first-order valence-electron chi connectivity index (χ1n) is 4.94. The number of aliphatic hydroxyl groups is 1. The summed E-state index contributed by atoms with van der Waals surface area (Å²) in [5, 5.41) is 18.5. The van der Waals surface area contributed by atoms with Crippen LogP contribution < -0.4 is 0 Å². The molecule has 0 aromatic heterocycles. The van der Waals surface area contributed by atoms with Crippen LogP contribution in [0.3, 0.4) is 0 Å². The quantitative estimate of drug-likeness (QED) is 0.541. The van der Waals surface area contributed by atoms with E-state index in [0.717, 1.165) is 6.42 Å². The summed E-state index contributed by atoms with van der Waals surface area (Å²) in [5.74, 6) is -1.09. The zero-order valence-corrected chi connectivity index (χ0v) is 8.32. The van der Waals surface area contributed by atoms with Crippen molar-refractivity contribution >= 4 is 5.97 Å². The highest BCUT2D eigenvalue weighted by Crippen LogP contribution is 2.35. The smallest absolute Gasteiger partial charge is 0.312 e. The number of nitrogens with zero attached hydrogens (tertiary/aromatic N) is 1. The molecule has 0 amide bonds. The van der Waals surface area contributed by atoms with Gasteiger partial charge in [-0.1, -0.05) is 6.92 Å². The summed E-state index contributed by atoms with van der Waals surface area (Å²) >= 11 is 0. The van der Waals surface area contributed by atoms with Gasteiger partial charge in [0.25, 0.3) is 0 Å². The number of esters is 1. The predicted molar refractivity (Wildman–Crippen MR) is 49.2 cm³/mol. The maximum absolute atomic E-state index is 11.4. The van der Waals surface area contributed by atoms with E-state index in [1.165, 1.54) is 0 Å². The third-order valence-electron chi connectivity index (χ3n) is 2.55. The van der Waals surface area contributed by atoms with Crippen molar-refractivity contribution in [2.24, 2.45) is 5.92 Å². The molecule has 4 nitrogen and oxygen atoms in total. The molecule has 0 saturated heterocycles. The van der Waals surface area contributed by atoms with E-state index < -0.39 is 17.5 Å². The average Bonchev–Trinajstić information content (AvgIpc) is 2.57. The molecule has 0 heterocycles. The third kappa shape index (κ3) is 2.05. The number of carbonyl (C=O) groups excluding carboxylic acids is 1. The Balaban J connectivity index is 2.59. The second-order valence-electron chi connectivity index (χ2n) is 3.65. The van der Waals surface area contributed by atoms with Crippen molar-refractivity contribution in [3.05, 3.63) is 0 Å². The van der Waals surface area contributed by atoms with Crippen LogP contribution in [0.5, 0.6) is 0 Å². The molecule has 0 bridgehead atoms. The number of carbonyl (C=O) groups is 1. The van der Waals surface area contributed by atoms with Gasteiger partial charge in [-0.25, -0.2) is 0 Å². The molecule has 1 aliphatic carbocycles. The Labute approximate surface area is 83.5 Å². The molecule has 1 saturated carbocycles. The first-order valence-corrected chi connectivity index (χ1v) is 4.94. The summed E-state index contributed by atoms with van der Waals surface area (Å²) in [6, 6.07) is 1.80. The Morgan fingerprint density at radius 2 is 2.50 bits per heavy atom. The van der Waals surface area contributed by atoms with E-state index in [2.05, 4.69) is 0 Å². The predicted octanol–water partition coefficient (Wildman–Crippen LogP) is 0.994. The molecule has 2 atom stereocenters. The lowest BCUT2D eigenvalue weighted by atomic mass is 9.92. The molecule has 0 spiro atoms. The minimum atomic E-state index is -1.50. The largest absolute Gasteiger partial charge is 0.465 e. The van der Waals surface area contributed by atoms with Crippen molar-refractivity contribution in [2.75, 3.05) is 6.61 Å². The minimum Gasteiger partial charge on any atom is -0.465 e. The SMILES string of the molecule is CCCOC(=O)[C@H]1CCC[C@]1(O)C#N. The second-order valence-corrected chi connectivity index (χ2v) is 3.65. The lowest BCUT2D eigenvalue weighted by molar-refractivity contribution is -0.153. The topological polar surface area (TPSA) is 70.3 Å². The fourth-order valence-corrected chi connectivity index (χ4v) is 1.74. The van der Waals surface area contributed by atoms with Crippen LogP contribution in [0, 0.1) is 17.2 Å². The molecule has 0 unspecified atom stereocenters.